The molecule has 4 rings (SSSR count). The van der Waals surface area contributed by atoms with Crippen LogP contribution in [-0.4, -0.2) is 18.4 Å². The molecule has 2 amide bonds. The number of nitrogens with zero attached hydrogens (tertiary/aromatic N) is 1. The lowest BCUT2D eigenvalue weighted by Gasteiger charge is -2.27. The van der Waals surface area contributed by atoms with Crippen molar-refractivity contribution in [1.29, 1.82) is 0 Å². The topological polar surface area (TPSA) is 62.6 Å². The minimum Gasteiger partial charge on any atom is -0.469 e. The molecule has 2 fully saturated rings. The first-order valence-electron chi connectivity index (χ1n) is 8.93. The Morgan fingerprint density at radius 3 is 2.96 bits per heavy atom. The van der Waals surface area contributed by atoms with E-state index in [1.54, 1.807) is 6.26 Å². The molecule has 0 radical (unpaired) electrons. The number of anilines is 1. The molecule has 5 nitrogen and oxygen atoms in total. The van der Waals surface area contributed by atoms with Crippen LogP contribution >= 0.6 is 0 Å². The van der Waals surface area contributed by atoms with Crippen molar-refractivity contribution in [3.63, 3.8) is 0 Å². The zero-order chi connectivity index (χ0) is 17.2. The fourth-order valence-electron chi connectivity index (χ4n) is 3.53. The molecule has 5 heteroatoms. The third kappa shape index (κ3) is 3.45. The molecular weight excluding hydrogens is 316 g/mol. The number of carbonyl (C=O) groups excluding carboxylic acids is 2. The highest BCUT2D eigenvalue weighted by Gasteiger charge is 2.45. The third-order valence-electron chi connectivity index (χ3n) is 5.05. The molecule has 0 spiro atoms. The van der Waals surface area contributed by atoms with E-state index in [1.165, 1.54) is 0 Å². The Balaban J connectivity index is 1.35. The zero-order valence-electron chi connectivity index (χ0n) is 14.1. The number of nitrogens with one attached hydrogen (secondary N) is 1. The molecule has 2 unspecified atom stereocenters. The summed E-state index contributed by atoms with van der Waals surface area (Å²) in [7, 11) is 0. The van der Waals surface area contributed by atoms with Crippen LogP contribution in [0, 0.1) is 5.92 Å². The van der Waals surface area contributed by atoms with Crippen LogP contribution in [0.2, 0.25) is 0 Å². The van der Waals surface area contributed by atoms with Crippen molar-refractivity contribution >= 4 is 17.5 Å². The Hall–Kier alpha value is -2.56. The van der Waals surface area contributed by atoms with Crippen LogP contribution in [0.1, 0.15) is 42.9 Å². The van der Waals surface area contributed by atoms with E-state index < -0.39 is 0 Å². The van der Waals surface area contributed by atoms with Crippen molar-refractivity contribution in [2.75, 3.05) is 11.4 Å². The molecule has 130 valence electrons. The van der Waals surface area contributed by atoms with E-state index in [4.69, 9.17) is 4.42 Å². The van der Waals surface area contributed by atoms with Gasteiger partial charge in [0.25, 0.3) is 0 Å². The number of amides is 2. The fraction of sp³-hybridized carbons (Fsp3) is 0.400. The van der Waals surface area contributed by atoms with Gasteiger partial charge in [-0.2, -0.15) is 0 Å². The maximum Gasteiger partial charge on any atom is 0.226 e. The van der Waals surface area contributed by atoms with Crippen LogP contribution in [0.15, 0.2) is 47.1 Å². The Morgan fingerprint density at radius 2 is 2.16 bits per heavy atom. The first-order chi connectivity index (χ1) is 12.2. The predicted molar refractivity (Wildman–Crippen MR) is 94.0 cm³/mol. The standard InChI is InChI=1S/C20H22N2O3/c23-19-8-1-2-9-22(19)15-6-3-5-14(11-15)13-21-20(24)17-12-16(17)18-7-4-10-25-18/h3-7,10-11,16-17H,1-2,8-9,12-13H2,(H,21,24). The average molecular weight is 338 g/mol. The van der Waals surface area contributed by atoms with Crippen LogP contribution in [0.5, 0.6) is 0 Å². The molecule has 1 saturated heterocycles. The maximum atomic E-state index is 12.3. The van der Waals surface area contributed by atoms with E-state index in [-0.39, 0.29) is 23.7 Å². The smallest absolute Gasteiger partial charge is 0.226 e. The summed E-state index contributed by atoms with van der Waals surface area (Å²) in [5.41, 5.74) is 1.94. The lowest BCUT2D eigenvalue weighted by atomic mass is 10.1. The second-order valence-electron chi connectivity index (χ2n) is 6.85. The number of benzene rings is 1. The molecule has 2 aromatic rings. The minimum atomic E-state index is 0.0120. The SMILES string of the molecule is O=C(NCc1cccc(N2CCCCC2=O)c1)C1CC1c1ccco1. The van der Waals surface area contributed by atoms with Crippen LogP contribution in [0.4, 0.5) is 5.69 Å². The van der Waals surface area contributed by atoms with E-state index in [0.717, 1.165) is 42.8 Å². The second-order valence-corrected chi connectivity index (χ2v) is 6.85. The van der Waals surface area contributed by atoms with Crippen molar-refractivity contribution in [3.05, 3.63) is 54.0 Å². The summed E-state index contributed by atoms with van der Waals surface area (Å²) in [4.78, 5) is 26.2. The first-order valence-corrected chi connectivity index (χ1v) is 8.93. The van der Waals surface area contributed by atoms with Crippen molar-refractivity contribution < 1.29 is 14.0 Å². The van der Waals surface area contributed by atoms with E-state index in [2.05, 4.69) is 5.32 Å². The lowest BCUT2D eigenvalue weighted by Crippen LogP contribution is -2.35. The van der Waals surface area contributed by atoms with Gasteiger partial charge in [0.15, 0.2) is 0 Å². The van der Waals surface area contributed by atoms with Crippen LogP contribution in [0.25, 0.3) is 0 Å². The Bertz CT molecular complexity index is 769. The van der Waals surface area contributed by atoms with Crippen molar-refractivity contribution in [2.45, 2.75) is 38.1 Å². The van der Waals surface area contributed by atoms with Crippen LogP contribution in [0.3, 0.4) is 0 Å². The van der Waals surface area contributed by atoms with Crippen LogP contribution < -0.4 is 10.2 Å². The fourth-order valence-corrected chi connectivity index (χ4v) is 3.53. The maximum absolute atomic E-state index is 12.3. The monoisotopic (exact) mass is 338 g/mol. The third-order valence-corrected chi connectivity index (χ3v) is 5.05. The van der Waals surface area contributed by atoms with E-state index in [0.29, 0.717) is 13.0 Å². The number of hydrogen-bond acceptors (Lipinski definition) is 3. The van der Waals surface area contributed by atoms with Crippen molar-refractivity contribution in [3.8, 4) is 0 Å². The van der Waals surface area contributed by atoms with Gasteiger partial charge in [-0.25, -0.2) is 0 Å². The number of piperidine rings is 1. The summed E-state index contributed by atoms with van der Waals surface area (Å²) in [5, 5.41) is 3.01. The molecular formula is C20H22N2O3. The summed E-state index contributed by atoms with van der Waals surface area (Å²) in [5.74, 6) is 1.38. The summed E-state index contributed by atoms with van der Waals surface area (Å²) in [6.07, 6.45) is 5.14. The van der Waals surface area contributed by atoms with Crippen molar-refractivity contribution in [2.24, 2.45) is 5.92 Å². The van der Waals surface area contributed by atoms with E-state index in [9.17, 15) is 9.59 Å². The summed E-state index contributed by atoms with van der Waals surface area (Å²) in [6, 6.07) is 11.7. The van der Waals surface area contributed by atoms with Gasteiger partial charge in [-0.05, 0) is 49.1 Å². The quantitative estimate of drug-likeness (QED) is 0.910. The zero-order valence-corrected chi connectivity index (χ0v) is 14.1. The molecule has 1 aromatic carbocycles. The summed E-state index contributed by atoms with van der Waals surface area (Å²) in [6.45, 7) is 1.26. The van der Waals surface area contributed by atoms with Gasteiger partial charge in [0.2, 0.25) is 11.8 Å². The summed E-state index contributed by atoms with van der Waals surface area (Å²) >= 11 is 0. The molecule has 1 aliphatic carbocycles. The molecule has 0 bridgehead atoms. The average Bonchev–Trinajstić information content (AvgIpc) is 3.25. The van der Waals surface area contributed by atoms with Gasteiger partial charge in [0.1, 0.15) is 5.76 Å². The highest BCUT2D eigenvalue weighted by atomic mass is 16.3. The molecule has 1 aromatic heterocycles. The predicted octanol–water partition coefficient (Wildman–Crippen LogP) is 3.22. The van der Waals surface area contributed by atoms with Gasteiger partial charge in [-0.1, -0.05) is 12.1 Å². The Morgan fingerprint density at radius 1 is 1.24 bits per heavy atom. The molecule has 1 saturated carbocycles. The minimum absolute atomic E-state index is 0.0120. The molecule has 2 atom stereocenters. The van der Waals surface area contributed by atoms with Gasteiger partial charge in [0.05, 0.1) is 6.26 Å². The number of hydrogen-bond donors (Lipinski definition) is 1. The van der Waals surface area contributed by atoms with Crippen LogP contribution in [-0.2, 0) is 16.1 Å². The van der Waals surface area contributed by atoms with Gasteiger partial charge in [0, 0.05) is 37.0 Å². The molecule has 1 N–H and O–H groups in total. The van der Waals surface area contributed by atoms with Gasteiger partial charge < -0.3 is 14.6 Å². The van der Waals surface area contributed by atoms with Gasteiger partial charge >= 0.3 is 0 Å². The normalized spacial score (nSPS) is 22.7. The highest BCUT2D eigenvalue weighted by molar-refractivity contribution is 5.94. The summed E-state index contributed by atoms with van der Waals surface area (Å²) < 4.78 is 5.38. The Kier molecular flexibility index (Phi) is 4.30. The largest absolute Gasteiger partial charge is 0.469 e. The van der Waals surface area contributed by atoms with E-state index >= 15 is 0 Å². The Labute approximate surface area is 147 Å². The van der Waals surface area contributed by atoms with E-state index in [1.807, 2.05) is 41.3 Å². The van der Waals surface area contributed by atoms with Gasteiger partial charge in [-0.15, -0.1) is 0 Å². The lowest BCUT2D eigenvalue weighted by molar-refractivity contribution is -0.122. The molecule has 2 heterocycles. The molecule has 2 aliphatic rings. The number of furan rings is 1. The first kappa shape index (κ1) is 15.9. The highest BCUT2D eigenvalue weighted by Crippen LogP contribution is 2.47. The number of rotatable bonds is 5. The van der Waals surface area contributed by atoms with Gasteiger partial charge in [-0.3, -0.25) is 9.59 Å². The number of carbonyl (C=O) groups is 2. The molecule has 25 heavy (non-hydrogen) atoms. The van der Waals surface area contributed by atoms with Crippen molar-refractivity contribution in [1.82, 2.24) is 5.32 Å². The second kappa shape index (κ2) is 6.75. The molecule has 1 aliphatic heterocycles.